The fraction of sp³-hybridized carbons (Fsp3) is 0.452. The molecule has 2 aliphatic heterocycles. The van der Waals surface area contributed by atoms with Crippen LogP contribution in [-0.4, -0.2) is 112 Å². The van der Waals surface area contributed by atoms with Gasteiger partial charge in [0.2, 0.25) is 0 Å². The van der Waals surface area contributed by atoms with Crippen molar-refractivity contribution in [2.45, 2.75) is 134 Å². The zero-order valence-electron chi connectivity index (χ0n) is 47.5. The van der Waals surface area contributed by atoms with Crippen LogP contribution >= 0.6 is 34.9 Å². The Morgan fingerprint density at radius 2 is 1.30 bits per heavy atom. The summed E-state index contributed by atoms with van der Waals surface area (Å²) in [5.74, 6) is -1.55. The first-order valence-corrected chi connectivity index (χ1v) is 30.9. The van der Waals surface area contributed by atoms with Crippen molar-refractivity contribution in [3.05, 3.63) is 160 Å². The van der Waals surface area contributed by atoms with Crippen LogP contribution in [-0.2, 0) is 45.6 Å². The Morgan fingerprint density at radius 3 is 1.77 bits per heavy atom. The van der Waals surface area contributed by atoms with Gasteiger partial charge in [-0.15, -0.1) is 34.9 Å². The molecule has 1 fully saturated rings. The van der Waals surface area contributed by atoms with Crippen molar-refractivity contribution in [2.75, 3.05) is 50.6 Å². The van der Waals surface area contributed by atoms with Gasteiger partial charge in [0.05, 0.1) is 33.3 Å². The van der Waals surface area contributed by atoms with E-state index < -0.39 is 51.7 Å². The second kappa shape index (κ2) is 30.4. The molecule has 7 rings (SSSR count). The summed E-state index contributed by atoms with van der Waals surface area (Å²) in [5.41, 5.74) is 0.591. The van der Waals surface area contributed by atoms with E-state index in [1.54, 1.807) is 69.9 Å². The monoisotopic (exact) mass is 1130 g/mol. The molecule has 5 aromatic rings. The van der Waals surface area contributed by atoms with Crippen LogP contribution in [0.25, 0.3) is 0 Å². The number of nitrogens with one attached hydrogen (secondary N) is 2. The van der Waals surface area contributed by atoms with Gasteiger partial charge in [-0.2, -0.15) is 0 Å². The van der Waals surface area contributed by atoms with Gasteiger partial charge in [0.1, 0.15) is 46.3 Å². The first-order valence-electron chi connectivity index (χ1n) is 27.7. The van der Waals surface area contributed by atoms with Crippen molar-refractivity contribution in [1.29, 1.82) is 0 Å². The topological polar surface area (TPSA) is 158 Å². The van der Waals surface area contributed by atoms with E-state index in [4.69, 9.17) is 24.0 Å². The Bertz CT molecular complexity index is 2640. The van der Waals surface area contributed by atoms with Crippen LogP contribution in [0, 0.1) is 0 Å². The number of oxime groups is 1. The number of β-lactam (4-membered cyclic amide) rings is 1. The molecular formula is C62H81N6O8S3+. The molecular weight excluding hydrogens is 1050 g/mol. The maximum atomic E-state index is 14.4. The van der Waals surface area contributed by atoms with Gasteiger partial charge in [0.15, 0.2) is 10.8 Å². The molecule has 0 saturated carbocycles. The molecule has 0 bridgehead atoms. The number of quaternary nitrogens is 1. The molecule has 424 valence electrons. The van der Waals surface area contributed by atoms with Gasteiger partial charge in [-0.3, -0.25) is 14.5 Å². The van der Waals surface area contributed by atoms with Crippen LogP contribution in [0.1, 0.15) is 128 Å². The van der Waals surface area contributed by atoms with Crippen LogP contribution in [0.3, 0.4) is 0 Å². The van der Waals surface area contributed by atoms with E-state index in [1.165, 1.54) is 110 Å². The minimum Gasteiger partial charge on any atom is -0.497 e. The SMILES string of the molecule is CCCC[N+](CCCC)(CCCC)CCCC.COc1ccc(COC(=O)C2=CCS[C@H]3[C@H](NC(=O)/C(=N\O[C@H](SC)C(=O)OC(C)(C)C)c4csc(NC(c5ccccc5)(c5ccccc5)c5ccccc5)n4)C(=O)N23)cc1. The normalized spacial score (nSPS) is 15.8. The fourth-order valence-electron chi connectivity index (χ4n) is 9.55. The van der Waals surface area contributed by atoms with Crippen LogP contribution in [0.5, 0.6) is 5.75 Å². The predicted octanol–water partition coefficient (Wildman–Crippen LogP) is 12.3. The molecule has 14 nitrogen and oxygen atoms in total. The Balaban J connectivity index is 0.000000511. The third-order valence-electron chi connectivity index (χ3n) is 13.7. The lowest BCUT2D eigenvalue weighted by molar-refractivity contribution is -0.929. The minimum absolute atomic E-state index is 0.00597. The Morgan fingerprint density at radius 1 is 0.785 bits per heavy atom. The molecule has 0 aliphatic carbocycles. The molecule has 4 aromatic carbocycles. The van der Waals surface area contributed by atoms with Gasteiger partial charge >= 0.3 is 11.9 Å². The van der Waals surface area contributed by atoms with Crippen LogP contribution < -0.4 is 15.4 Å². The molecule has 2 aliphatic rings. The average Bonchev–Trinajstić information content (AvgIpc) is 4.02. The second-order valence-electron chi connectivity index (χ2n) is 20.7. The molecule has 79 heavy (non-hydrogen) atoms. The van der Waals surface area contributed by atoms with E-state index in [-0.39, 0.29) is 23.7 Å². The van der Waals surface area contributed by atoms with Gasteiger partial charge in [-0.05, 0) is 93.2 Å². The highest BCUT2D eigenvalue weighted by Crippen LogP contribution is 2.41. The van der Waals surface area contributed by atoms with Crippen molar-refractivity contribution in [2.24, 2.45) is 5.16 Å². The largest absolute Gasteiger partial charge is 0.497 e. The molecule has 3 heterocycles. The second-order valence-corrected chi connectivity index (χ2v) is 23.6. The summed E-state index contributed by atoms with van der Waals surface area (Å²) >= 11 is 3.67. The molecule has 17 heteroatoms. The van der Waals surface area contributed by atoms with Crippen molar-refractivity contribution < 1.29 is 42.7 Å². The molecule has 0 spiro atoms. The quantitative estimate of drug-likeness (QED) is 0.00930. The number of methoxy groups -OCH3 is 1. The highest BCUT2D eigenvalue weighted by molar-refractivity contribution is 8.00. The number of aromatic nitrogens is 1. The molecule has 1 aromatic heterocycles. The number of anilines is 1. The number of carbonyl (C=O) groups excluding carboxylic acids is 4. The van der Waals surface area contributed by atoms with Gasteiger partial charge < -0.3 is 34.2 Å². The molecule has 3 atom stereocenters. The number of hydrogen-bond acceptors (Lipinski definition) is 14. The molecule has 0 unspecified atom stereocenters. The van der Waals surface area contributed by atoms with E-state index in [1.807, 2.05) is 91.0 Å². The molecule has 2 N–H and O–H groups in total. The van der Waals surface area contributed by atoms with E-state index in [2.05, 4.69) is 43.5 Å². The van der Waals surface area contributed by atoms with Gasteiger partial charge in [0.25, 0.3) is 17.3 Å². The van der Waals surface area contributed by atoms with Crippen LogP contribution in [0.2, 0.25) is 0 Å². The number of ether oxygens (including phenoxy) is 3. The number of benzene rings is 4. The van der Waals surface area contributed by atoms with E-state index in [9.17, 15) is 19.2 Å². The summed E-state index contributed by atoms with van der Waals surface area (Å²) in [5, 5.41) is 12.2. The maximum absolute atomic E-state index is 14.4. The third kappa shape index (κ3) is 16.7. The van der Waals surface area contributed by atoms with Crippen molar-refractivity contribution in [1.82, 2.24) is 15.2 Å². The lowest BCUT2D eigenvalue weighted by Gasteiger charge is -2.48. The Kier molecular flexibility index (Phi) is 23.9. The first kappa shape index (κ1) is 62.1. The summed E-state index contributed by atoms with van der Waals surface area (Å²) in [6.07, 6.45) is 14.4. The Hall–Kier alpha value is -6.14. The highest BCUT2D eigenvalue weighted by atomic mass is 32.2. The summed E-state index contributed by atoms with van der Waals surface area (Å²) in [7, 11) is 1.57. The first-order chi connectivity index (χ1) is 38.2. The summed E-state index contributed by atoms with van der Waals surface area (Å²) in [6.45, 7) is 20.2. The van der Waals surface area contributed by atoms with Gasteiger partial charge in [-0.25, -0.2) is 14.6 Å². The summed E-state index contributed by atoms with van der Waals surface area (Å²) in [6, 6.07) is 36.0. The lowest BCUT2D eigenvalue weighted by atomic mass is 9.77. The number of thiazole rings is 1. The molecule has 2 amide bonds. The number of carbonyl (C=O) groups is 4. The molecule has 0 radical (unpaired) electrons. The molecule has 1 saturated heterocycles. The number of unbranched alkanes of at least 4 members (excludes halogenated alkanes) is 4. The van der Waals surface area contributed by atoms with E-state index in [0.717, 1.165) is 34.0 Å². The van der Waals surface area contributed by atoms with Crippen molar-refractivity contribution in [3.63, 3.8) is 0 Å². The number of hydrogen-bond donors (Lipinski definition) is 2. The fourth-order valence-corrected chi connectivity index (χ4v) is 11.9. The number of fused-ring (bicyclic) bond motifs is 1. The summed E-state index contributed by atoms with van der Waals surface area (Å²) < 4.78 is 17.7. The maximum Gasteiger partial charge on any atom is 0.361 e. The van der Waals surface area contributed by atoms with Crippen LogP contribution in [0.15, 0.2) is 138 Å². The third-order valence-corrected chi connectivity index (χ3v) is 16.4. The Labute approximate surface area is 481 Å². The number of esters is 2. The summed E-state index contributed by atoms with van der Waals surface area (Å²) in [4.78, 5) is 66.3. The van der Waals surface area contributed by atoms with E-state index in [0.29, 0.717) is 16.6 Å². The number of amides is 2. The van der Waals surface area contributed by atoms with Crippen molar-refractivity contribution in [3.8, 4) is 5.75 Å². The van der Waals surface area contributed by atoms with Gasteiger partial charge in [-0.1, -0.05) is 162 Å². The smallest absolute Gasteiger partial charge is 0.361 e. The zero-order chi connectivity index (χ0) is 56.8. The minimum atomic E-state index is -1.22. The number of nitrogens with zero attached hydrogens (tertiary/aromatic N) is 4. The standard InChI is InChI=1S/C46H45N5O8S3.C16H36N/c1-45(2,3)58-42(55)43(60-5)59-50-36(38(52)48-37-39(53)51-35(25-26-61-40(37)51)41(54)57-27-29-21-23-33(56-4)24-22-29)34-28-62-44(47-34)49-46(30-15-9-6-10-16-30,31-17-11-7-12-18-31)32-19-13-8-14-20-32;1-5-9-13-17(14-10-6-2,15-11-7-3)16-12-8-4/h6-25,28,37,40,43H,26-27H2,1-5H3,(H,47,49)(H,48,52);5-16H2,1-4H3/q;+1/b50-36-;/t37-,40+,43-;/m1./s1. The predicted molar refractivity (Wildman–Crippen MR) is 321 cm³/mol. The average molecular weight is 1130 g/mol. The zero-order valence-corrected chi connectivity index (χ0v) is 50.0. The van der Waals surface area contributed by atoms with E-state index >= 15 is 0 Å². The lowest BCUT2D eigenvalue weighted by Crippen LogP contribution is -2.70. The number of rotatable bonds is 28. The van der Waals surface area contributed by atoms with Crippen molar-refractivity contribution >= 4 is 69.5 Å². The highest BCUT2D eigenvalue weighted by Gasteiger charge is 2.53. The number of thioether (sulfide) groups is 2. The van der Waals surface area contributed by atoms with Gasteiger partial charge in [0, 0.05) is 11.1 Å². The van der Waals surface area contributed by atoms with Crippen LogP contribution in [0.4, 0.5) is 5.13 Å².